The van der Waals surface area contributed by atoms with Gasteiger partial charge in [-0.2, -0.15) is 0 Å². The molecule has 84 valence electrons. The quantitative estimate of drug-likeness (QED) is 0.750. The first-order chi connectivity index (χ1) is 7.13. The van der Waals surface area contributed by atoms with Gasteiger partial charge in [0.2, 0.25) is 6.43 Å². The largest absolute Gasteiger partial charge is 0.492 e. The number of alkyl halides is 2. The van der Waals surface area contributed by atoms with Crippen molar-refractivity contribution in [3.05, 3.63) is 28.8 Å². The summed E-state index contributed by atoms with van der Waals surface area (Å²) in [5.74, 6) is 0.597. The van der Waals surface area contributed by atoms with Crippen LogP contribution >= 0.6 is 11.6 Å². The zero-order valence-corrected chi connectivity index (χ0v) is 9.23. The number of halogens is 3. The second-order valence-electron chi connectivity index (χ2n) is 3.13. The highest BCUT2D eigenvalue weighted by atomic mass is 35.5. The van der Waals surface area contributed by atoms with E-state index in [1.165, 1.54) is 0 Å². The zero-order valence-electron chi connectivity index (χ0n) is 8.47. The molecule has 0 aromatic heterocycles. The Morgan fingerprint density at radius 2 is 2.13 bits per heavy atom. The molecular formula is C11H13ClF2O. The van der Waals surface area contributed by atoms with Crippen LogP contribution in [0.2, 0.25) is 5.02 Å². The van der Waals surface area contributed by atoms with Gasteiger partial charge in [-0.1, -0.05) is 17.7 Å². The van der Waals surface area contributed by atoms with Crippen LogP contribution in [-0.4, -0.2) is 13.0 Å². The summed E-state index contributed by atoms with van der Waals surface area (Å²) in [7, 11) is 0. The van der Waals surface area contributed by atoms with E-state index in [9.17, 15) is 8.78 Å². The summed E-state index contributed by atoms with van der Waals surface area (Å²) in [4.78, 5) is 0. The first kappa shape index (κ1) is 12.2. The van der Waals surface area contributed by atoms with Crippen LogP contribution in [-0.2, 0) is 6.42 Å². The summed E-state index contributed by atoms with van der Waals surface area (Å²) < 4.78 is 29.2. The lowest BCUT2D eigenvalue weighted by Gasteiger charge is -2.07. The van der Waals surface area contributed by atoms with Crippen molar-refractivity contribution >= 4 is 11.6 Å². The number of ether oxygens (including phenoxy) is 1. The first-order valence-corrected chi connectivity index (χ1v) is 5.20. The van der Waals surface area contributed by atoms with Crippen LogP contribution < -0.4 is 4.74 Å². The fourth-order valence-corrected chi connectivity index (χ4v) is 1.51. The van der Waals surface area contributed by atoms with Gasteiger partial charge in [0.05, 0.1) is 11.6 Å². The molecule has 0 radical (unpaired) electrons. The monoisotopic (exact) mass is 234 g/mol. The number of hydrogen-bond donors (Lipinski definition) is 0. The molecule has 1 rings (SSSR count). The van der Waals surface area contributed by atoms with Gasteiger partial charge in [0.25, 0.3) is 0 Å². The Kier molecular flexibility index (Phi) is 4.82. The molecule has 0 unspecified atom stereocenters. The number of benzene rings is 1. The SMILES string of the molecule is CCOc1ccc(CCC(F)F)cc1Cl. The highest BCUT2D eigenvalue weighted by Gasteiger charge is 2.06. The molecule has 0 saturated heterocycles. The molecule has 1 aromatic rings. The molecule has 0 aliphatic heterocycles. The summed E-state index contributed by atoms with van der Waals surface area (Å²) >= 11 is 5.91. The first-order valence-electron chi connectivity index (χ1n) is 4.83. The van der Waals surface area contributed by atoms with Gasteiger partial charge in [0.15, 0.2) is 0 Å². The van der Waals surface area contributed by atoms with Gasteiger partial charge in [-0.25, -0.2) is 8.78 Å². The minimum absolute atomic E-state index is 0.135. The molecule has 0 aliphatic rings. The van der Waals surface area contributed by atoms with Crippen molar-refractivity contribution in [1.82, 2.24) is 0 Å². The van der Waals surface area contributed by atoms with Crippen molar-refractivity contribution in [1.29, 1.82) is 0 Å². The van der Waals surface area contributed by atoms with Gasteiger partial charge in [0, 0.05) is 6.42 Å². The van der Waals surface area contributed by atoms with E-state index >= 15 is 0 Å². The zero-order chi connectivity index (χ0) is 11.3. The highest BCUT2D eigenvalue weighted by molar-refractivity contribution is 6.32. The highest BCUT2D eigenvalue weighted by Crippen LogP contribution is 2.26. The lowest BCUT2D eigenvalue weighted by molar-refractivity contribution is 0.138. The summed E-state index contributed by atoms with van der Waals surface area (Å²) in [5.41, 5.74) is 0.809. The number of aryl methyl sites for hydroxylation is 1. The van der Waals surface area contributed by atoms with E-state index in [1.54, 1.807) is 18.2 Å². The molecule has 0 bridgehead atoms. The fourth-order valence-electron chi connectivity index (χ4n) is 1.25. The summed E-state index contributed by atoms with van der Waals surface area (Å²) in [5, 5.41) is 0.476. The smallest absolute Gasteiger partial charge is 0.239 e. The number of rotatable bonds is 5. The molecule has 0 heterocycles. The van der Waals surface area contributed by atoms with Crippen molar-refractivity contribution in [2.24, 2.45) is 0 Å². The Balaban J connectivity index is 2.64. The third-order valence-corrected chi connectivity index (χ3v) is 2.24. The van der Waals surface area contributed by atoms with E-state index in [4.69, 9.17) is 16.3 Å². The lowest BCUT2D eigenvalue weighted by atomic mass is 10.1. The Morgan fingerprint density at radius 1 is 1.40 bits per heavy atom. The van der Waals surface area contributed by atoms with E-state index in [-0.39, 0.29) is 6.42 Å². The van der Waals surface area contributed by atoms with Gasteiger partial charge in [-0.3, -0.25) is 0 Å². The molecule has 0 atom stereocenters. The van der Waals surface area contributed by atoms with Gasteiger partial charge in [-0.05, 0) is 31.0 Å². The molecule has 15 heavy (non-hydrogen) atoms. The summed E-state index contributed by atoms with van der Waals surface area (Å²) in [6.45, 7) is 2.40. The van der Waals surface area contributed by atoms with Crippen molar-refractivity contribution in [2.45, 2.75) is 26.2 Å². The molecule has 0 saturated carbocycles. The molecule has 0 N–H and O–H groups in total. The Labute approximate surface area is 93.0 Å². The summed E-state index contributed by atoms with van der Waals surface area (Å²) in [6.07, 6.45) is -2.07. The maximum atomic E-state index is 12.0. The standard InChI is InChI=1S/C11H13ClF2O/c1-2-15-10-5-3-8(7-9(10)12)4-6-11(13)14/h3,5,7,11H,2,4,6H2,1H3. The second-order valence-corrected chi connectivity index (χ2v) is 3.53. The maximum absolute atomic E-state index is 12.0. The van der Waals surface area contributed by atoms with Crippen LogP contribution in [0.15, 0.2) is 18.2 Å². The third-order valence-electron chi connectivity index (χ3n) is 1.95. The van der Waals surface area contributed by atoms with Crippen molar-refractivity contribution in [3.63, 3.8) is 0 Å². The van der Waals surface area contributed by atoms with E-state index in [0.717, 1.165) is 5.56 Å². The predicted molar refractivity (Wildman–Crippen MR) is 56.9 cm³/mol. The molecule has 0 spiro atoms. The van der Waals surface area contributed by atoms with Gasteiger partial charge >= 0.3 is 0 Å². The number of hydrogen-bond acceptors (Lipinski definition) is 1. The van der Waals surface area contributed by atoms with Gasteiger partial charge in [0.1, 0.15) is 5.75 Å². The minimum Gasteiger partial charge on any atom is -0.492 e. The normalized spacial score (nSPS) is 10.7. The average molecular weight is 235 g/mol. The van der Waals surface area contributed by atoms with Crippen molar-refractivity contribution in [3.8, 4) is 5.75 Å². The molecule has 0 fully saturated rings. The molecule has 1 aromatic carbocycles. The third kappa shape index (κ3) is 4.04. The van der Waals surface area contributed by atoms with Crippen molar-refractivity contribution < 1.29 is 13.5 Å². The summed E-state index contributed by atoms with van der Waals surface area (Å²) in [6, 6.07) is 5.15. The van der Waals surface area contributed by atoms with E-state index in [2.05, 4.69) is 0 Å². The van der Waals surface area contributed by atoms with Crippen LogP contribution in [0.3, 0.4) is 0 Å². The van der Waals surface area contributed by atoms with Crippen LogP contribution in [0, 0.1) is 0 Å². The molecule has 1 nitrogen and oxygen atoms in total. The Bertz CT molecular complexity index is 315. The van der Waals surface area contributed by atoms with E-state index in [1.807, 2.05) is 6.92 Å². The topological polar surface area (TPSA) is 9.23 Å². The van der Waals surface area contributed by atoms with Gasteiger partial charge < -0.3 is 4.74 Å². The molecule has 4 heteroatoms. The average Bonchev–Trinajstić information content (AvgIpc) is 2.19. The Morgan fingerprint density at radius 3 is 2.67 bits per heavy atom. The molecule has 0 amide bonds. The van der Waals surface area contributed by atoms with Crippen LogP contribution in [0.4, 0.5) is 8.78 Å². The van der Waals surface area contributed by atoms with Crippen LogP contribution in [0.25, 0.3) is 0 Å². The van der Waals surface area contributed by atoms with E-state index < -0.39 is 6.43 Å². The van der Waals surface area contributed by atoms with Crippen LogP contribution in [0.1, 0.15) is 18.9 Å². The lowest BCUT2D eigenvalue weighted by Crippen LogP contribution is -1.96. The van der Waals surface area contributed by atoms with Crippen LogP contribution in [0.5, 0.6) is 5.75 Å². The maximum Gasteiger partial charge on any atom is 0.239 e. The minimum atomic E-state index is -2.27. The Hall–Kier alpha value is -0.830. The molecule has 0 aliphatic carbocycles. The van der Waals surface area contributed by atoms with Crippen molar-refractivity contribution in [2.75, 3.05) is 6.61 Å². The molecular weight excluding hydrogens is 222 g/mol. The van der Waals surface area contributed by atoms with E-state index in [0.29, 0.717) is 23.8 Å². The predicted octanol–water partition coefficient (Wildman–Crippen LogP) is 3.94. The fraction of sp³-hybridized carbons (Fsp3) is 0.455. The second kappa shape index (κ2) is 5.91. The van der Waals surface area contributed by atoms with Gasteiger partial charge in [-0.15, -0.1) is 0 Å².